The molecule has 2 aromatic carbocycles. The van der Waals surface area contributed by atoms with Gasteiger partial charge in [0.15, 0.2) is 0 Å². The first-order chi connectivity index (χ1) is 13.0. The lowest BCUT2D eigenvalue weighted by Crippen LogP contribution is -2.49. The molecule has 1 heterocycles. The Morgan fingerprint density at radius 1 is 1.15 bits per heavy atom. The molecule has 0 aromatic heterocycles. The molecule has 1 unspecified atom stereocenters. The number of alkyl halides is 2. The number of anilines is 1. The van der Waals surface area contributed by atoms with Crippen LogP contribution >= 0.6 is 0 Å². The Hall–Kier alpha value is -2.51. The lowest BCUT2D eigenvalue weighted by atomic mass is 10.0. The molecular formula is C20H23F2N3O2. The number of halogens is 2. The molecule has 1 N–H and O–H groups in total. The minimum absolute atomic E-state index is 0.0613. The molecule has 0 radical (unpaired) electrons. The molecule has 1 fully saturated rings. The average Bonchev–Trinajstić information content (AvgIpc) is 2.65. The van der Waals surface area contributed by atoms with E-state index in [1.165, 1.54) is 17.7 Å². The lowest BCUT2D eigenvalue weighted by molar-refractivity contribution is -0.118. The fourth-order valence-electron chi connectivity index (χ4n) is 3.24. The summed E-state index contributed by atoms with van der Waals surface area (Å²) in [4.78, 5) is 16.9. The number of hydrogen-bond acceptors (Lipinski definition) is 4. The number of benzene rings is 2. The van der Waals surface area contributed by atoms with Gasteiger partial charge in [0.2, 0.25) is 5.91 Å². The third kappa shape index (κ3) is 5.48. The molecule has 1 aliphatic rings. The monoisotopic (exact) mass is 375 g/mol. The minimum atomic E-state index is -2.86. The minimum Gasteiger partial charge on any atom is -0.435 e. The van der Waals surface area contributed by atoms with E-state index < -0.39 is 6.61 Å². The van der Waals surface area contributed by atoms with E-state index in [4.69, 9.17) is 0 Å². The molecule has 1 amide bonds. The van der Waals surface area contributed by atoms with Gasteiger partial charge in [-0.05, 0) is 36.9 Å². The van der Waals surface area contributed by atoms with Crippen LogP contribution < -0.4 is 10.1 Å². The van der Waals surface area contributed by atoms with E-state index in [1.54, 1.807) is 12.1 Å². The Kier molecular flexibility index (Phi) is 6.36. The van der Waals surface area contributed by atoms with Gasteiger partial charge in [-0.15, -0.1) is 0 Å². The highest BCUT2D eigenvalue weighted by atomic mass is 19.3. The van der Waals surface area contributed by atoms with Crippen molar-refractivity contribution in [3.8, 4) is 5.75 Å². The number of likely N-dealkylation sites (N-methyl/N-ethyl adjacent to an activating group) is 1. The smallest absolute Gasteiger partial charge is 0.387 e. The van der Waals surface area contributed by atoms with Crippen LogP contribution in [0, 0.1) is 0 Å². The molecule has 27 heavy (non-hydrogen) atoms. The van der Waals surface area contributed by atoms with Gasteiger partial charge in [-0.2, -0.15) is 8.78 Å². The second-order valence-corrected chi connectivity index (χ2v) is 6.61. The largest absolute Gasteiger partial charge is 0.435 e. The van der Waals surface area contributed by atoms with Crippen LogP contribution in [0.4, 0.5) is 14.5 Å². The Labute approximate surface area is 157 Å². The van der Waals surface area contributed by atoms with Crippen molar-refractivity contribution >= 4 is 11.6 Å². The normalized spacial score (nSPS) is 18.4. The van der Waals surface area contributed by atoms with Gasteiger partial charge in [-0.1, -0.05) is 30.3 Å². The van der Waals surface area contributed by atoms with Crippen molar-refractivity contribution < 1.29 is 18.3 Å². The number of carbonyl (C=O) groups excluding carboxylic acids is 1. The quantitative estimate of drug-likeness (QED) is 0.842. The summed E-state index contributed by atoms with van der Waals surface area (Å²) in [6.07, 6.45) is 0. The molecule has 1 atom stereocenters. The third-order valence-electron chi connectivity index (χ3n) is 4.59. The van der Waals surface area contributed by atoms with E-state index in [1.807, 2.05) is 18.2 Å². The van der Waals surface area contributed by atoms with E-state index in [-0.39, 0.29) is 24.2 Å². The van der Waals surface area contributed by atoms with Crippen LogP contribution in [-0.4, -0.2) is 55.5 Å². The zero-order valence-corrected chi connectivity index (χ0v) is 15.1. The fraction of sp³-hybridized carbons (Fsp3) is 0.350. The highest BCUT2D eigenvalue weighted by molar-refractivity contribution is 5.92. The number of ether oxygens (including phenoxy) is 1. The maximum Gasteiger partial charge on any atom is 0.387 e. The Balaban J connectivity index is 1.61. The first-order valence-corrected chi connectivity index (χ1v) is 8.83. The maximum absolute atomic E-state index is 12.5. The van der Waals surface area contributed by atoms with Gasteiger partial charge >= 0.3 is 6.61 Å². The summed E-state index contributed by atoms with van der Waals surface area (Å²) in [5, 5.41) is 2.82. The summed E-state index contributed by atoms with van der Waals surface area (Å²) >= 11 is 0. The highest BCUT2D eigenvalue weighted by Gasteiger charge is 2.27. The van der Waals surface area contributed by atoms with Crippen LogP contribution in [0.5, 0.6) is 5.75 Å². The molecule has 3 rings (SSSR count). The maximum atomic E-state index is 12.5. The highest BCUT2D eigenvalue weighted by Crippen LogP contribution is 2.25. The van der Waals surface area contributed by atoms with Crippen LogP contribution in [0.15, 0.2) is 54.6 Å². The number of nitrogens with zero attached hydrogens (tertiary/aromatic N) is 2. The van der Waals surface area contributed by atoms with Crippen LogP contribution in [-0.2, 0) is 4.79 Å². The van der Waals surface area contributed by atoms with Crippen LogP contribution in [0.3, 0.4) is 0 Å². The zero-order chi connectivity index (χ0) is 19.2. The average molecular weight is 375 g/mol. The van der Waals surface area contributed by atoms with E-state index >= 15 is 0 Å². The zero-order valence-electron chi connectivity index (χ0n) is 15.1. The van der Waals surface area contributed by atoms with Crippen LogP contribution in [0.1, 0.15) is 11.6 Å². The Morgan fingerprint density at radius 2 is 1.85 bits per heavy atom. The van der Waals surface area contributed by atoms with E-state index in [9.17, 15) is 13.6 Å². The summed E-state index contributed by atoms with van der Waals surface area (Å²) in [5.41, 5.74) is 1.73. The molecule has 1 saturated heterocycles. The Morgan fingerprint density at radius 3 is 2.52 bits per heavy atom. The molecule has 7 heteroatoms. The summed E-state index contributed by atoms with van der Waals surface area (Å²) < 4.78 is 28.7. The van der Waals surface area contributed by atoms with Gasteiger partial charge < -0.3 is 15.0 Å². The fourth-order valence-corrected chi connectivity index (χ4v) is 3.24. The van der Waals surface area contributed by atoms with Gasteiger partial charge in [0.05, 0.1) is 6.54 Å². The van der Waals surface area contributed by atoms with Crippen molar-refractivity contribution in [2.45, 2.75) is 12.7 Å². The second kappa shape index (κ2) is 8.92. The first kappa shape index (κ1) is 19.3. The predicted octanol–water partition coefficient (Wildman–Crippen LogP) is 3.22. The molecular weight excluding hydrogens is 352 g/mol. The predicted molar refractivity (Wildman–Crippen MR) is 100.0 cm³/mol. The number of hydrogen-bond donors (Lipinski definition) is 1. The SMILES string of the molecule is CN1CCN(CC(=O)Nc2ccc(OC(F)F)cc2)C(c2ccccc2)C1. The van der Waals surface area contributed by atoms with E-state index in [0.717, 1.165) is 19.6 Å². The van der Waals surface area contributed by atoms with Crippen molar-refractivity contribution in [1.82, 2.24) is 9.80 Å². The van der Waals surface area contributed by atoms with Gasteiger partial charge in [-0.3, -0.25) is 9.69 Å². The molecule has 1 aliphatic heterocycles. The molecule has 2 aromatic rings. The Bertz CT molecular complexity index is 741. The lowest BCUT2D eigenvalue weighted by Gasteiger charge is -2.39. The van der Waals surface area contributed by atoms with Crippen molar-refractivity contribution in [3.63, 3.8) is 0 Å². The molecule has 0 aliphatic carbocycles. The van der Waals surface area contributed by atoms with Gasteiger partial charge in [-0.25, -0.2) is 0 Å². The molecule has 0 saturated carbocycles. The van der Waals surface area contributed by atoms with Gasteiger partial charge in [0, 0.05) is 31.4 Å². The van der Waals surface area contributed by atoms with Crippen molar-refractivity contribution in [1.29, 1.82) is 0 Å². The van der Waals surface area contributed by atoms with Gasteiger partial charge in [0.25, 0.3) is 0 Å². The number of carbonyl (C=O) groups is 1. The van der Waals surface area contributed by atoms with Crippen molar-refractivity contribution in [2.75, 3.05) is 38.5 Å². The third-order valence-corrected chi connectivity index (χ3v) is 4.59. The molecule has 0 bridgehead atoms. The topological polar surface area (TPSA) is 44.8 Å². The number of rotatable bonds is 6. The van der Waals surface area contributed by atoms with Crippen molar-refractivity contribution in [2.24, 2.45) is 0 Å². The van der Waals surface area contributed by atoms with E-state index in [0.29, 0.717) is 5.69 Å². The van der Waals surface area contributed by atoms with E-state index in [2.05, 4.69) is 39.0 Å². The summed E-state index contributed by atoms with van der Waals surface area (Å²) in [6, 6.07) is 16.2. The van der Waals surface area contributed by atoms with Crippen LogP contribution in [0.2, 0.25) is 0 Å². The van der Waals surface area contributed by atoms with Crippen molar-refractivity contribution in [3.05, 3.63) is 60.2 Å². The number of piperazine rings is 1. The summed E-state index contributed by atoms with van der Waals surface area (Å²) in [5.74, 6) is -0.0748. The first-order valence-electron chi connectivity index (χ1n) is 8.83. The van der Waals surface area contributed by atoms with Gasteiger partial charge in [0.1, 0.15) is 5.75 Å². The molecule has 0 spiro atoms. The second-order valence-electron chi connectivity index (χ2n) is 6.61. The molecule has 5 nitrogen and oxygen atoms in total. The summed E-state index contributed by atoms with van der Waals surface area (Å²) in [6.45, 7) is -0.0433. The molecule has 144 valence electrons. The number of nitrogens with one attached hydrogen (secondary N) is 1. The standard InChI is InChI=1S/C20H23F2N3O2/c1-24-11-12-25(18(13-24)15-5-3-2-4-6-15)14-19(26)23-16-7-9-17(10-8-16)27-20(21)22/h2-10,18,20H,11-14H2,1H3,(H,23,26). The number of amides is 1. The summed E-state index contributed by atoms with van der Waals surface area (Å²) in [7, 11) is 2.08. The van der Waals surface area contributed by atoms with Crippen LogP contribution in [0.25, 0.3) is 0 Å².